The highest BCUT2D eigenvalue weighted by Crippen LogP contribution is 2.31. The Morgan fingerprint density at radius 2 is 1.83 bits per heavy atom. The molecule has 2 heterocycles. The van der Waals surface area contributed by atoms with Crippen molar-refractivity contribution in [2.45, 2.75) is 25.9 Å². The smallest absolute Gasteiger partial charge is 0.351 e. The molecule has 1 unspecified atom stereocenters. The maximum absolute atomic E-state index is 13.0. The second kappa shape index (κ2) is 8.42. The molecule has 1 fully saturated rings. The minimum atomic E-state index is -1.10. The molecule has 1 aliphatic rings. The van der Waals surface area contributed by atoms with E-state index in [1.807, 2.05) is 13.8 Å². The lowest BCUT2D eigenvalue weighted by molar-refractivity contribution is -0.119. The Bertz CT molecular complexity index is 1090. The number of ketones is 1. The van der Waals surface area contributed by atoms with Crippen LogP contribution >= 0.6 is 23.2 Å². The maximum Gasteiger partial charge on any atom is 0.427 e. The third-order valence-corrected chi connectivity index (χ3v) is 4.87. The molecule has 1 atom stereocenters. The van der Waals surface area contributed by atoms with Gasteiger partial charge in [0, 0.05) is 18.3 Å². The molecule has 30 heavy (non-hydrogen) atoms. The monoisotopic (exact) mass is 453 g/mol. The van der Waals surface area contributed by atoms with E-state index in [1.54, 1.807) is 0 Å². The first-order valence-electron chi connectivity index (χ1n) is 8.74. The summed E-state index contributed by atoms with van der Waals surface area (Å²) in [4.78, 5) is 52.7. The highest BCUT2D eigenvalue weighted by Gasteiger charge is 2.29. The fourth-order valence-corrected chi connectivity index (χ4v) is 3.43. The van der Waals surface area contributed by atoms with Gasteiger partial charge in [0.1, 0.15) is 5.69 Å². The van der Waals surface area contributed by atoms with Crippen molar-refractivity contribution in [3.05, 3.63) is 55.4 Å². The number of hydrogen-bond donors (Lipinski definition) is 3. The van der Waals surface area contributed by atoms with Crippen molar-refractivity contribution < 1.29 is 19.2 Å². The van der Waals surface area contributed by atoms with Gasteiger partial charge in [-0.2, -0.15) is 5.10 Å². The summed E-state index contributed by atoms with van der Waals surface area (Å²) in [6, 6.07) is 4.09. The number of hydrogen-bond acceptors (Lipinski definition) is 7. The first-order chi connectivity index (χ1) is 14.1. The van der Waals surface area contributed by atoms with Crippen LogP contribution in [0.4, 0.5) is 10.5 Å². The van der Waals surface area contributed by atoms with Gasteiger partial charge in [0.25, 0.3) is 11.5 Å². The van der Waals surface area contributed by atoms with Gasteiger partial charge in [-0.15, -0.1) is 5.48 Å². The minimum absolute atomic E-state index is 0.0106. The quantitative estimate of drug-likeness (QED) is 0.589. The van der Waals surface area contributed by atoms with Crippen molar-refractivity contribution in [2.75, 3.05) is 5.32 Å². The molecule has 0 radical (unpaired) electrons. The Morgan fingerprint density at radius 1 is 1.20 bits per heavy atom. The van der Waals surface area contributed by atoms with Gasteiger partial charge in [0.2, 0.25) is 5.78 Å². The zero-order valence-corrected chi connectivity index (χ0v) is 17.6. The van der Waals surface area contributed by atoms with Crippen LogP contribution in [0.2, 0.25) is 10.0 Å². The van der Waals surface area contributed by atoms with Crippen LogP contribution in [0.25, 0.3) is 0 Å². The summed E-state index contributed by atoms with van der Waals surface area (Å²) in [7, 11) is 1.45. The molecule has 10 nitrogen and oxygen atoms in total. The number of aryl methyl sites for hydroxylation is 1. The normalized spacial score (nSPS) is 15.7. The number of hydroxylamine groups is 1. The van der Waals surface area contributed by atoms with Crippen LogP contribution < -0.4 is 21.7 Å². The van der Waals surface area contributed by atoms with Crippen LogP contribution in [-0.2, 0) is 16.7 Å². The van der Waals surface area contributed by atoms with Crippen molar-refractivity contribution in [2.24, 2.45) is 7.05 Å². The zero-order valence-electron chi connectivity index (χ0n) is 16.1. The number of aromatic nitrogens is 2. The lowest BCUT2D eigenvalue weighted by atomic mass is 10.0. The number of carbonyl (C=O) groups is 3. The summed E-state index contributed by atoms with van der Waals surface area (Å²) >= 11 is 12.5. The number of nitrogens with one attached hydrogen (secondary N) is 3. The molecular weight excluding hydrogens is 437 g/mol. The largest absolute Gasteiger partial charge is 0.427 e. The van der Waals surface area contributed by atoms with Crippen LogP contribution in [0.1, 0.15) is 41.4 Å². The molecule has 3 rings (SSSR count). The third kappa shape index (κ3) is 4.30. The molecule has 0 saturated carbocycles. The highest BCUT2D eigenvalue weighted by molar-refractivity contribution is 6.41. The van der Waals surface area contributed by atoms with E-state index >= 15 is 0 Å². The van der Waals surface area contributed by atoms with Gasteiger partial charge in [-0.1, -0.05) is 37.0 Å². The average Bonchev–Trinajstić information content (AvgIpc) is 3.09. The molecule has 1 aromatic heterocycles. The summed E-state index contributed by atoms with van der Waals surface area (Å²) < 4.78 is 1.09. The maximum atomic E-state index is 13.0. The van der Waals surface area contributed by atoms with E-state index < -0.39 is 23.9 Å². The van der Waals surface area contributed by atoms with E-state index in [-0.39, 0.29) is 38.5 Å². The Kier molecular flexibility index (Phi) is 6.11. The summed E-state index contributed by atoms with van der Waals surface area (Å²) in [6.45, 7) is 3.66. The van der Waals surface area contributed by atoms with E-state index in [4.69, 9.17) is 23.2 Å². The van der Waals surface area contributed by atoms with Crippen LogP contribution in [0, 0.1) is 0 Å². The van der Waals surface area contributed by atoms with Crippen molar-refractivity contribution in [1.29, 1.82) is 0 Å². The van der Waals surface area contributed by atoms with E-state index in [0.29, 0.717) is 5.56 Å². The molecule has 2 aromatic rings. The summed E-state index contributed by atoms with van der Waals surface area (Å²) in [5, 5.41) is 8.70. The highest BCUT2D eigenvalue weighted by atomic mass is 35.5. The molecule has 2 amide bonds. The Hall–Kier alpha value is -2.95. The lowest BCUT2D eigenvalue weighted by Gasteiger charge is -2.13. The van der Waals surface area contributed by atoms with Crippen molar-refractivity contribution in [1.82, 2.24) is 20.6 Å². The first kappa shape index (κ1) is 21.8. The van der Waals surface area contributed by atoms with Crippen LogP contribution in [0.15, 0.2) is 23.0 Å². The molecule has 158 valence electrons. The second-order valence-electron chi connectivity index (χ2n) is 6.79. The van der Waals surface area contributed by atoms with Crippen molar-refractivity contribution in [3.8, 4) is 0 Å². The van der Waals surface area contributed by atoms with Gasteiger partial charge in [0.05, 0.1) is 15.6 Å². The number of anilines is 1. The number of benzene rings is 1. The summed E-state index contributed by atoms with van der Waals surface area (Å²) in [6.07, 6.45) is -1.89. The predicted octanol–water partition coefficient (Wildman–Crippen LogP) is 1.95. The molecule has 1 saturated heterocycles. The van der Waals surface area contributed by atoms with Crippen molar-refractivity contribution in [3.63, 3.8) is 0 Å². The SMILES string of the molecule is CC(C)c1cc(C(=O)c2c(Cl)cc(NC(=O)C3NOC(=O)N3)cc2Cl)nn(C)c1=O. The lowest BCUT2D eigenvalue weighted by Crippen LogP contribution is -2.43. The van der Waals surface area contributed by atoms with Crippen molar-refractivity contribution >= 4 is 46.7 Å². The number of carbonyl (C=O) groups excluding carboxylic acids is 3. The predicted molar refractivity (Wildman–Crippen MR) is 109 cm³/mol. The number of amides is 2. The summed E-state index contributed by atoms with van der Waals surface area (Å²) in [5.41, 5.74) is 2.52. The van der Waals surface area contributed by atoms with E-state index in [0.717, 1.165) is 4.68 Å². The molecule has 0 spiro atoms. The molecule has 12 heteroatoms. The molecule has 3 N–H and O–H groups in total. The number of halogens is 2. The molecule has 1 aromatic carbocycles. The van der Waals surface area contributed by atoms with E-state index in [2.05, 4.69) is 26.0 Å². The molecule has 1 aliphatic heterocycles. The number of rotatable bonds is 5. The number of nitrogens with zero attached hydrogens (tertiary/aromatic N) is 2. The van der Waals surface area contributed by atoms with Gasteiger partial charge < -0.3 is 10.2 Å². The van der Waals surface area contributed by atoms with Gasteiger partial charge in [-0.25, -0.2) is 9.48 Å². The molecule has 0 aliphatic carbocycles. The topological polar surface area (TPSA) is 131 Å². The fourth-order valence-electron chi connectivity index (χ4n) is 2.77. The Balaban J connectivity index is 1.90. The third-order valence-electron chi connectivity index (χ3n) is 4.28. The van der Waals surface area contributed by atoms with Gasteiger partial charge in [-0.05, 0) is 24.1 Å². The second-order valence-corrected chi connectivity index (χ2v) is 7.60. The van der Waals surface area contributed by atoms with Gasteiger partial charge >= 0.3 is 6.09 Å². The van der Waals surface area contributed by atoms with E-state index in [1.165, 1.54) is 25.2 Å². The minimum Gasteiger partial charge on any atom is -0.351 e. The average molecular weight is 454 g/mol. The van der Waals surface area contributed by atoms with Gasteiger partial charge in [0.15, 0.2) is 6.17 Å². The summed E-state index contributed by atoms with van der Waals surface area (Å²) in [5.74, 6) is -1.32. The fraction of sp³-hybridized carbons (Fsp3) is 0.278. The van der Waals surface area contributed by atoms with Crippen LogP contribution in [0.3, 0.4) is 0 Å². The molecule has 0 bridgehead atoms. The first-order valence-corrected chi connectivity index (χ1v) is 9.49. The van der Waals surface area contributed by atoms with Gasteiger partial charge in [-0.3, -0.25) is 19.7 Å². The Labute approximate surface area is 180 Å². The van der Waals surface area contributed by atoms with Crippen LogP contribution in [-0.4, -0.2) is 33.7 Å². The molecular formula is C18H17Cl2N5O5. The van der Waals surface area contributed by atoms with Crippen LogP contribution in [0.5, 0.6) is 0 Å². The standard InChI is InChI=1S/C18H17Cl2N5O5/c1-7(2)9-6-12(23-25(3)17(9)28)14(26)13-10(19)4-8(5-11(13)20)21-16(27)15-22-18(29)30-24-15/h4-7,15,24H,1-3H3,(H,21,27)(H,22,29). The van der Waals surface area contributed by atoms with E-state index in [9.17, 15) is 19.2 Å². The zero-order chi connectivity index (χ0) is 22.2. The Morgan fingerprint density at radius 3 is 2.37 bits per heavy atom.